The molecule has 1 aromatic carbocycles. The van der Waals surface area contributed by atoms with E-state index in [4.69, 9.17) is 4.74 Å². The molecule has 7 nitrogen and oxygen atoms in total. The molecule has 1 aliphatic heterocycles. The second-order valence-electron chi connectivity index (χ2n) is 6.57. The molecule has 1 unspecified atom stereocenters. The number of likely N-dealkylation sites (tertiary alicyclic amines) is 1. The van der Waals surface area contributed by atoms with Crippen LogP contribution in [0, 0.1) is 0 Å². The van der Waals surface area contributed by atoms with Gasteiger partial charge in [-0.05, 0) is 25.8 Å². The van der Waals surface area contributed by atoms with Crippen LogP contribution in [0.25, 0.3) is 16.9 Å². The van der Waals surface area contributed by atoms with Crippen molar-refractivity contribution in [3.8, 4) is 11.3 Å². The molecule has 1 aliphatic rings. The number of fused-ring (bicyclic) bond motifs is 1. The predicted molar refractivity (Wildman–Crippen MR) is 99.1 cm³/mol. The number of rotatable bonds is 4. The molecule has 3 aromatic rings. The number of amides is 1. The largest absolute Gasteiger partial charge is 0.449 e. The Morgan fingerprint density at radius 3 is 2.59 bits per heavy atom. The van der Waals surface area contributed by atoms with Crippen molar-refractivity contribution in [1.29, 1.82) is 0 Å². The topological polar surface area (TPSA) is 76.8 Å². The molecular weight excluding hydrogens is 344 g/mol. The molecule has 0 radical (unpaired) electrons. The van der Waals surface area contributed by atoms with Crippen molar-refractivity contribution in [2.24, 2.45) is 0 Å². The lowest BCUT2D eigenvalue weighted by Gasteiger charge is -2.20. The lowest BCUT2D eigenvalue weighted by Crippen LogP contribution is -2.38. The summed E-state index contributed by atoms with van der Waals surface area (Å²) in [6.45, 7) is 3.05. The van der Waals surface area contributed by atoms with Crippen LogP contribution in [0.15, 0.2) is 48.8 Å². The summed E-state index contributed by atoms with van der Waals surface area (Å²) < 4.78 is 7.01. The second-order valence-corrected chi connectivity index (χ2v) is 6.57. The van der Waals surface area contributed by atoms with Crippen LogP contribution < -0.4 is 0 Å². The van der Waals surface area contributed by atoms with E-state index >= 15 is 0 Å². The first-order valence-electron chi connectivity index (χ1n) is 9.03. The minimum Gasteiger partial charge on any atom is -0.449 e. The van der Waals surface area contributed by atoms with Crippen LogP contribution >= 0.6 is 0 Å². The highest BCUT2D eigenvalue weighted by molar-refractivity contribution is 5.97. The van der Waals surface area contributed by atoms with E-state index in [9.17, 15) is 9.59 Å². The highest BCUT2D eigenvalue weighted by Gasteiger charge is 2.27. The van der Waals surface area contributed by atoms with Gasteiger partial charge in [0, 0.05) is 24.8 Å². The monoisotopic (exact) mass is 364 g/mol. The molecule has 4 rings (SSSR count). The number of hydrogen-bond acceptors (Lipinski definition) is 5. The van der Waals surface area contributed by atoms with Gasteiger partial charge in [-0.2, -0.15) is 5.10 Å². The zero-order chi connectivity index (χ0) is 18.8. The summed E-state index contributed by atoms with van der Waals surface area (Å²) >= 11 is 0. The van der Waals surface area contributed by atoms with Crippen molar-refractivity contribution in [1.82, 2.24) is 19.5 Å². The van der Waals surface area contributed by atoms with Crippen molar-refractivity contribution in [2.45, 2.75) is 25.9 Å². The SMILES string of the molecule is CC(OC(=O)c1cnn2c(-c3ccccc3)ccnc12)C(=O)N1CCCC1. The van der Waals surface area contributed by atoms with Crippen molar-refractivity contribution in [3.05, 3.63) is 54.4 Å². The van der Waals surface area contributed by atoms with Gasteiger partial charge in [-0.1, -0.05) is 30.3 Å². The van der Waals surface area contributed by atoms with Gasteiger partial charge in [-0.3, -0.25) is 4.79 Å². The Hall–Kier alpha value is -3.22. The zero-order valence-corrected chi connectivity index (χ0v) is 15.0. The van der Waals surface area contributed by atoms with E-state index in [1.807, 2.05) is 36.4 Å². The number of esters is 1. The van der Waals surface area contributed by atoms with E-state index < -0.39 is 12.1 Å². The third-order valence-electron chi connectivity index (χ3n) is 4.74. The Bertz CT molecular complexity index is 977. The molecule has 0 spiro atoms. The molecule has 1 atom stereocenters. The summed E-state index contributed by atoms with van der Waals surface area (Å²) in [5.41, 5.74) is 2.43. The van der Waals surface area contributed by atoms with Gasteiger partial charge in [0.2, 0.25) is 0 Å². The number of aromatic nitrogens is 3. The van der Waals surface area contributed by atoms with Crippen molar-refractivity contribution in [3.63, 3.8) is 0 Å². The average Bonchev–Trinajstić information content (AvgIpc) is 3.37. The number of carbonyl (C=O) groups excluding carboxylic acids is 2. The van der Waals surface area contributed by atoms with E-state index in [0.29, 0.717) is 5.65 Å². The third-order valence-corrected chi connectivity index (χ3v) is 4.74. The van der Waals surface area contributed by atoms with Gasteiger partial charge in [0.1, 0.15) is 5.56 Å². The van der Waals surface area contributed by atoms with Gasteiger partial charge < -0.3 is 9.64 Å². The Balaban J connectivity index is 1.59. The Morgan fingerprint density at radius 2 is 1.85 bits per heavy atom. The molecule has 0 saturated carbocycles. The second kappa shape index (κ2) is 7.19. The summed E-state index contributed by atoms with van der Waals surface area (Å²) in [6, 6.07) is 11.6. The molecule has 27 heavy (non-hydrogen) atoms. The van der Waals surface area contributed by atoms with Gasteiger partial charge in [0.05, 0.1) is 11.9 Å². The Morgan fingerprint density at radius 1 is 1.11 bits per heavy atom. The maximum atomic E-state index is 12.6. The molecule has 0 aliphatic carbocycles. The normalized spacial score (nSPS) is 15.1. The van der Waals surface area contributed by atoms with Gasteiger partial charge in [-0.15, -0.1) is 0 Å². The first-order valence-corrected chi connectivity index (χ1v) is 9.03. The minimum atomic E-state index is -0.831. The Labute approximate surface area is 156 Å². The average molecular weight is 364 g/mol. The quantitative estimate of drug-likeness (QED) is 0.665. The molecule has 3 heterocycles. The number of benzene rings is 1. The van der Waals surface area contributed by atoms with Crippen LogP contribution in [-0.4, -0.2) is 50.6 Å². The highest BCUT2D eigenvalue weighted by Crippen LogP contribution is 2.21. The standard InChI is InChI=1S/C20H20N4O3/c1-14(19(25)23-11-5-6-12-23)27-20(26)16-13-22-24-17(9-10-21-18(16)24)15-7-3-2-4-8-15/h2-4,7-10,13-14H,5-6,11-12H2,1H3. The van der Waals surface area contributed by atoms with Crippen LogP contribution in [0.3, 0.4) is 0 Å². The molecule has 138 valence electrons. The van der Waals surface area contributed by atoms with Crippen molar-refractivity contribution < 1.29 is 14.3 Å². The molecule has 2 aromatic heterocycles. The summed E-state index contributed by atoms with van der Waals surface area (Å²) in [4.78, 5) is 31.0. The van der Waals surface area contributed by atoms with Crippen LogP contribution in [0.1, 0.15) is 30.1 Å². The van der Waals surface area contributed by atoms with Gasteiger partial charge in [0.25, 0.3) is 5.91 Å². The maximum Gasteiger partial charge on any atom is 0.344 e. The summed E-state index contributed by atoms with van der Waals surface area (Å²) in [6.07, 6.45) is 4.22. The highest BCUT2D eigenvalue weighted by atomic mass is 16.5. The fraction of sp³-hybridized carbons (Fsp3) is 0.300. The number of ether oxygens (including phenoxy) is 1. The minimum absolute atomic E-state index is 0.157. The number of carbonyl (C=O) groups is 2. The van der Waals surface area contributed by atoms with Crippen LogP contribution in [0.4, 0.5) is 0 Å². The van der Waals surface area contributed by atoms with Crippen molar-refractivity contribution >= 4 is 17.5 Å². The lowest BCUT2D eigenvalue weighted by atomic mass is 10.1. The first-order chi connectivity index (χ1) is 13.1. The third kappa shape index (κ3) is 3.28. The summed E-state index contributed by atoms with van der Waals surface area (Å²) in [7, 11) is 0. The van der Waals surface area contributed by atoms with Gasteiger partial charge >= 0.3 is 5.97 Å². The molecule has 0 N–H and O–H groups in total. The molecule has 0 bridgehead atoms. The van der Waals surface area contributed by atoms with Crippen molar-refractivity contribution in [2.75, 3.05) is 13.1 Å². The lowest BCUT2D eigenvalue weighted by molar-refractivity contribution is -0.138. The predicted octanol–water partition coefficient (Wildman–Crippen LogP) is 2.56. The van der Waals surface area contributed by atoms with Crippen LogP contribution in [-0.2, 0) is 9.53 Å². The van der Waals surface area contributed by atoms with Crippen LogP contribution in [0.5, 0.6) is 0 Å². The van der Waals surface area contributed by atoms with E-state index in [0.717, 1.165) is 37.2 Å². The van der Waals surface area contributed by atoms with Crippen LogP contribution in [0.2, 0.25) is 0 Å². The number of hydrogen-bond donors (Lipinski definition) is 0. The summed E-state index contributed by atoms with van der Waals surface area (Å²) in [5.74, 6) is -0.752. The molecule has 1 saturated heterocycles. The van der Waals surface area contributed by atoms with Gasteiger partial charge in [-0.25, -0.2) is 14.3 Å². The Kier molecular flexibility index (Phi) is 4.58. The van der Waals surface area contributed by atoms with E-state index in [2.05, 4.69) is 10.1 Å². The summed E-state index contributed by atoms with van der Waals surface area (Å²) in [5, 5.41) is 4.30. The maximum absolute atomic E-state index is 12.6. The molecule has 1 fully saturated rings. The molecule has 7 heteroatoms. The zero-order valence-electron chi connectivity index (χ0n) is 15.0. The fourth-order valence-corrected chi connectivity index (χ4v) is 3.33. The van der Waals surface area contributed by atoms with E-state index in [1.165, 1.54) is 6.20 Å². The van der Waals surface area contributed by atoms with Gasteiger partial charge in [0.15, 0.2) is 11.8 Å². The molecule has 1 amide bonds. The smallest absolute Gasteiger partial charge is 0.344 e. The number of nitrogens with zero attached hydrogens (tertiary/aromatic N) is 4. The fourth-order valence-electron chi connectivity index (χ4n) is 3.33. The van der Waals surface area contributed by atoms with E-state index in [-0.39, 0.29) is 11.5 Å². The molecular formula is C20H20N4O3. The first kappa shape index (κ1) is 17.2. The van der Waals surface area contributed by atoms with E-state index in [1.54, 1.807) is 22.5 Å².